The number of nitrogens with zero attached hydrogens (tertiary/aromatic N) is 3. The summed E-state index contributed by atoms with van der Waals surface area (Å²) in [5.74, 6) is 0.962. The van der Waals surface area contributed by atoms with Crippen molar-refractivity contribution in [2.24, 2.45) is 11.3 Å². The lowest BCUT2D eigenvalue weighted by Gasteiger charge is -2.60. The third-order valence-corrected chi connectivity index (χ3v) is 5.07. The van der Waals surface area contributed by atoms with E-state index >= 15 is 0 Å². The molecule has 1 N–H and O–H groups in total. The van der Waals surface area contributed by atoms with Gasteiger partial charge >= 0.3 is 0 Å². The summed E-state index contributed by atoms with van der Waals surface area (Å²) in [6.07, 6.45) is 2.12. The normalized spacial score (nSPS) is 22.7. The topological polar surface area (TPSA) is 69.3 Å². The van der Waals surface area contributed by atoms with Crippen LogP contribution in [0.4, 0.5) is 0 Å². The van der Waals surface area contributed by atoms with Gasteiger partial charge in [-0.05, 0) is 24.8 Å². The number of aromatic nitrogens is 2. The molecule has 0 radical (unpaired) electrons. The van der Waals surface area contributed by atoms with Crippen LogP contribution in [0.3, 0.4) is 0 Å². The van der Waals surface area contributed by atoms with E-state index in [1.54, 1.807) is 0 Å². The zero-order chi connectivity index (χ0) is 15.5. The van der Waals surface area contributed by atoms with Crippen LogP contribution < -0.4 is 0 Å². The van der Waals surface area contributed by atoms with Crippen LogP contribution in [0.15, 0.2) is 6.07 Å². The Morgan fingerprint density at radius 1 is 1.23 bits per heavy atom. The number of amides is 2. The first-order valence-electron chi connectivity index (χ1n) is 8.11. The fraction of sp³-hybridized carbons (Fsp3) is 0.688. The van der Waals surface area contributed by atoms with Gasteiger partial charge in [-0.15, -0.1) is 0 Å². The lowest BCUT2D eigenvalue weighted by Crippen LogP contribution is -2.73. The van der Waals surface area contributed by atoms with Crippen LogP contribution in [0.1, 0.15) is 48.8 Å². The van der Waals surface area contributed by atoms with Gasteiger partial charge in [-0.3, -0.25) is 14.7 Å². The van der Waals surface area contributed by atoms with Crippen LogP contribution in [0.5, 0.6) is 0 Å². The number of likely N-dealkylation sites (tertiary alicyclic amines) is 2. The number of H-pyrrole nitrogens is 1. The van der Waals surface area contributed by atoms with Crippen molar-refractivity contribution in [1.29, 1.82) is 0 Å². The molecule has 118 valence electrons. The molecule has 0 bridgehead atoms. The number of carbonyl (C=O) groups excluding carboxylic acids is 2. The van der Waals surface area contributed by atoms with E-state index in [0.717, 1.165) is 44.7 Å². The van der Waals surface area contributed by atoms with E-state index in [1.165, 1.54) is 0 Å². The number of rotatable bonds is 3. The standard InChI is InChI=1S/C16H22N4O2/c1-10(2)12-5-13(18-17-12)15(22)20-8-16(9-20)6-19(7-16)14(21)11-3-4-11/h5,10-11H,3-4,6-9H2,1-2H3,(H,17,18). The van der Waals surface area contributed by atoms with Crippen molar-refractivity contribution in [1.82, 2.24) is 20.0 Å². The highest BCUT2D eigenvalue weighted by atomic mass is 16.2. The molecular formula is C16H22N4O2. The monoisotopic (exact) mass is 302 g/mol. The van der Waals surface area contributed by atoms with Crippen molar-refractivity contribution < 1.29 is 9.59 Å². The first-order valence-corrected chi connectivity index (χ1v) is 8.11. The number of hydrogen-bond donors (Lipinski definition) is 1. The van der Waals surface area contributed by atoms with Crippen molar-refractivity contribution in [3.05, 3.63) is 17.5 Å². The summed E-state index contributed by atoms with van der Waals surface area (Å²) in [6, 6.07) is 1.85. The molecule has 2 aliphatic heterocycles. The van der Waals surface area contributed by atoms with Gasteiger partial charge in [0.25, 0.3) is 5.91 Å². The lowest BCUT2D eigenvalue weighted by molar-refractivity contribution is -0.155. The fourth-order valence-electron chi connectivity index (χ4n) is 3.52. The van der Waals surface area contributed by atoms with Gasteiger partial charge in [-0.1, -0.05) is 13.8 Å². The zero-order valence-electron chi connectivity index (χ0n) is 13.1. The third kappa shape index (κ3) is 2.12. The molecule has 6 heteroatoms. The Kier molecular flexibility index (Phi) is 2.86. The van der Waals surface area contributed by atoms with E-state index in [2.05, 4.69) is 24.0 Å². The highest BCUT2D eigenvalue weighted by Crippen LogP contribution is 2.43. The summed E-state index contributed by atoms with van der Waals surface area (Å²) in [7, 11) is 0. The molecular weight excluding hydrogens is 280 g/mol. The lowest BCUT2D eigenvalue weighted by atomic mass is 9.72. The molecule has 4 rings (SSSR count). The highest BCUT2D eigenvalue weighted by molar-refractivity contribution is 5.93. The van der Waals surface area contributed by atoms with Crippen LogP contribution in [0.2, 0.25) is 0 Å². The highest BCUT2D eigenvalue weighted by Gasteiger charge is 2.55. The average molecular weight is 302 g/mol. The van der Waals surface area contributed by atoms with Gasteiger partial charge in [-0.25, -0.2) is 0 Å². The molecule has 1 aromatic heterocycles. The van der Waals surface area contributed by atoms with Gasteiger partial charge in [0.15, 0.2) is 0 Å². The maximum absolute atomic E-state index is 12.4. The second-order valence-corrected chi connectivity index (χ2v) is 7.49. The summed E-state index contributed by atoms with van der Waals surface area (Å²) in [5, 5.41) is 7.05. The average Bonchev–Trinajstić information content (AvgIpc) is 3.11. The van der Waals surface area contributed by atoms with Crippen LogP contribution in [0, 0.1) is 11.3 Å². The number of carbonyl (C=O) groups is 2. The smallest absolute Gasteiger partial charge is 0.274 e. The Bertz CT molecular complexity index is 618. The molecule has 0 aromatic carbocycles. The molecule has 1 spiro atoms. The van der Waals surface area contributed by atoms with Crippen molar-refractivity contribution in [2.45, 2.75) is 32.6 Å². The van der Waals surface area contributed by atoms with E-state index in [1.807, 2.05) is 15.9 Å². The second kappa shape index (κ2) is 4.57. The minimum Gasteiger partial charge on any atom is -0.341 e. The van der Waals surface area contributed by atoms with E-state index in [9.17, 15) is 9.59 Å². The minimum atomic E-state index is 0.000689. The Hall–Kier alpha value is -1.85. The van der Waals surface area contributed by atoms with Crippen LogP contribution in [-0.2, 0) is 4.79 Å². The molecule has 3 aliphatic rings. The minimum absolute atomic E-state index is 0.000689. The van der Waals surface area contributed by atoms with E-state index < -0.39 is 0 Å². The van der Waals surface area contributed by atoms with Crippen LogP contribution >= 0.6 is 0 Å². The van der Waals surface area contributed by atoms with Crippen molar-refractivity contribution in [3.63, 3.8) is 0 Å². The maximum Gasteiger partial charge on any atom is 0.274 e. The van der Waals surface area contributed by atoms with Gasteiger partial charge in [0.2, 0.25) is 5.91 Å². The molecule has 1 aliphatic carbocycles. The first kappa shape index (κ1) is 13.8. The SMILES string of the molecule is CC(C)c1cc(C(=O)N2CC3(C2)CN(C(=O)C2CC2)C3)n[nH]1. The number of aromatic amines is 1. The molecule has 3 fully saturated rings. The second-order valence-electron chi connectivity index (χ2n) is 7.49. The van der Waals surface area contributed by atoms with Crippen molar-refractivity contribution >= 4 is 11.8 Å². The van der Waals surface area contributed by atoms with Gasteiger partial charge in [0, 0.05) is 43.2 Å². The number of hydrogen-bond acceptors (Lipinski definition) is 3. The van der Waals surface area contributed by atoms with Gasteiger partial charge in [0.1, 0.15) is 5.69 Å². The molecule has 1 aromatic rings. The summed E-state index contributed by atoms with van der Waals surface area (Å²) >= 11 is 0. The van der Waals surface area contributed by atoms with Crippen molar-refractivity contribution in [3.8, 4) is 0 Å². The fourth-order valence-corrected chi connectivity index (χ4v) is 3.52. The van der Waals surface area contributed by atoms with Crippen LogP contribution in [-0.4, -0.2) is 58.0 Å². The molecule has 6 nitrogen and oxygen atoms in total. The summed E-state index contributed by atoms with van der Waals surface area (Å²) < 4.78 is 0. The van der Waals surface area contributed by atoms with E-state index in [-0.39, 0.29) is 11.3 Å². The Morgan fingerprint density at radius 2 is 1.86 bits per heavy atom. The van der Waals surface area contributed by atoms with Gasteiger partial charge in [-0.2, -0.15) is 5.10 Å². The van der Waals surface area contributed by atoms with Crippen LogP contribution in [0.25, 0.3) is 0 Å². The van der Waals surface area contributed by atoms with Crippen molar-refractivity contribution in [2.75, 3.05) is 26.2 Å². The number of nitrogens with one attached hydrogen (secondary N) is 1. The maximum atomic E-state index is 12.4. The van der Waals surface area contributed by atoms with Gasteiger partial charge in [0.05, 0.1) is 0 Å². The van der Waals surface area contributed by atoms with Gasteiger partial charge < -0.3 is 9.80 Å². The molecule has 0 unspecified atom stereocenters. The third-order valence-electron chi connectivity index (χ3n) is 5.07. The Morgan fingerprint density at radius 3 is 2.41 bits per heavy atom. The molecule has 1 saturated carbocycles. The summed E-state index contributed by atoms with van der Waals surface area (Å²) in [6.45, 7) is 7.29. The van der Waals surface area contributed by atoms with E-state index in [4.69, 9.17) is 0 Å². The summed E-state index contributed by atoms with van der Waals surface area (Å²) in [5.41, 5.74) is 1.66. The van der Waals surface area contributed by atoms with E-state index in [0.29, 0.717) is 23.4 Å². The predicted molar refractivity (Wildman–Crippen MR) is 80.3 cm³/mol. The first-order chi connectivity index (χ1) is 10.5. The molecule has 2 saturated heterocycles. The Labute approximate surface area is 129 Å². The molecule has 0 atom stereocenters. The Balaban J connectivity index is 1.31. The molecule has 22 heavy (non-hydrogen) atoms. The summed E-state index contributed by atoms with van der Waals surface area (Å²) in [4.78, 5) is 28.1. The quantitative estimate of drug-likeness (QED) is 0.913. The zero-order valence-corrected chi connectivity index (χ0v) is 13.1. The predicted octanol–water partition coefficient (Wildman–Crippen LogP) is 1.23. The molecule has 3 heterocycles. The molecule has 2 amide bonds. The largest absolute Gasteiger partial charge is 0.341 e.